The monoisotopic (exact) mass is 286 g/mol. The highest BCUT2D eigenvalue weighted by Crippen LogP contribution is 2.26. The number of nitrogens with two attached hydrogens (primary N) is 1. The van der Waals surface area contributed by atoms with Crippen LogP contribution in [0.3, 0.4) is 0 Å². The topological polar surface area (TPSA) is 59.1 Å². The summed E-state index contributed by atoms with van der Waals surface area (Å²) >= 11 is 0. The lowest BCUT2D eigenvalue weighted by Gasteiger charge is -2.19. The first kappa shape index (κ1) is 16.2. The Morgan fingerprint density at radius 3 is 2.45 bits per heavy atom. The lowest BCUT2D eigenvalue weighted by molar-refractivity contribution is -0.210. The highest BCUT2D eigenvalue weighted by atomic mass is 19.4. The van der Waals surface area contributed by atoms with E-state index in [0.29, 0.717) is 11.3 Å². The molecular weight excluding hydrogens is 269 g/mol. The Morgan fingerprint density at radius 2 is 2.05 bits per heavy atom. The van der Waals surface area contributed by atoms with Gasteiger partial charge in [0.05, 0.1) is 0 Å². The van der Waals surface area contributed by atoms with Crippen molar-refractivity contribution in [2.45, 2.75) is 25.6 Å². The quantitative estimate of drug-likeness (QED) is 0.816. The molecule has 0 saturated carbocycles. The number of aryl methyl sites for hydroxylation is 1. The Kier molecular flexibility index (Phi) is 4.94. The summed E-state index contributed by atoms with van der Waals surface area (Å²) < 4.78 is 42.2. The number of hydrogen-bond acceptors (Lipinski definition) is 3. The van der Waals surface area contributed by atoms with Crippen molar-refractivity contribution >= 4 is 11.4 Å². The van der Waals surface area contributed by atoms with Crippen LogP contribution in [-0.2, 0) is 4.74 Å². The van der Waals surface area contributed by atoms with E-state index in [4.69, 9.17) is 11.1 Å². The first-order chi connectivity index (χ1) is 9.16. The molecule has 1 unspecified atom stereocenters. The minimum atomic E-state index is -4.48. The zero-order chi connectivity index (χ0) is 15.5. The number of hydrogen-bond donors (Lipinski definition) is 2. The number of methoxy groups -OCH3 is 1. The van der Waals surface area contributed by atoms with E-state index < -0.39 is 18.7 Å². The summed E-state index contributed by atoms with van der Waals surface area (Å²) in [5.41, 5.74) is 7.73. The van der Waals surface area contributed by atoms with E-state index in [1.54, 1.807) is 25.1 Å². The summed E-state index contributed by atoms with van der Waals surface area (Å²) in [5.74, 6) is 0. The Bertz CT molecular complexity index is 524. The molecule has 0 aliphatic carbocycles. The fourth-order valence-electron chi connectivity index (χ4n) is 1.85. The molecule has 110 valence electrons. The van der Waals surface area contributed by atoms with Crippen LogP contribution < -0.4 is 5.73 Å². The summed E-state index contributed by atoms with van der Waals surface area (Å²) in [5, 5.41) is 7.78. The molecule has 1 aromatic rings. The molecule has 20 heavy (non-hydrogen) atoms. The predicted molar refractivity (Wildman–Crippen MR) is 72.7 cm³/mol. The highest BCUT2D eigenvalue weighted by Gasteiger charge is 2.40. The number of halogens is 3. The van der Waals surface area contributed by atoms with Crippen molar-refractivity contribution in [3.05, 3.63) is 41.5 Å². The van der Waals surface area contributed by atoms with Gasteiger partial charge < -0.3 is 15.9 Å². The second kappa shape index (κ2) is 6.09. The number of benzene rings is 1. The lowest BCUT2D eigenvalue weighted by Crippen LogP contribution is -2.33. The van der Waals surface area contributed by atoms with Gasteiger partial charge in [-0.15, -0.1) is 0 Å². The maximum absolute atomic E-state index is 12.6. The summed E-state index contributed by atoms with van der Waals surface area (Å²) in [6.07, 6.45) is -6.98. The van der Waals surface area contributed by atoms with Crippen LogP contribution in [0.2, 0.25) is 0 Å². The Balaban J connectivity index is 2.93. The molecule has 0 aliphatic rings. The van der Waals surface area contributed by atoms with E-state index in [2.05, 4.69) is 11.3 Å². The zero-order valence-electron chi connectivity index (χ0n) is 11.3. The van der Waals surface area contributed by atoms with Crippen molar-refractivity contribution < 1.29 is 17.9 Å². The Morgan fingerprint density at radius 1 is 1.45 bits per heavy atom. The van der Waals surface area contributed by atoms with Crippen LogP contribution in [0.25, 0.3) is 5.70 Å². The third-order valence-corrected chi connectivity index (χ3v) is 2.96. The zero-order valence-corrected chi connectivity index (χ0v) is 11.3. The molecule has 0 amide bonds. The summed E-state index contributed by atoms with van der Waals surface area (Å²) in [6.45, 7) is 5.38. The van der Waals surface area contributed by atoms with E-state index in [1.807, 2.05) is 0 Å². The van der Waals surface area contributed by atoms with Crippen molar-refractivity contribution in [1.82, 2.24) is 0 Å². The molecule has 6 heteroatoms. The standard InChI is InChI=1S/C14H17F3N2O/c1-8-6-10(4-5-11(8)9(2)18)12(19)7-13(20-3)14(15,16)17/h4-6,13,19H,2,7,18H2,1,3H3. The van der Waals surface area contributed by atoms with Crippen LogP contribution in [0.1, 0.15) is 23.1 Å². The second-order valence-corrected chi connectivity index (χ2v) is 4.50. The van der Waals surface area contributed by atoms with Gasteiger partial charge in [0, 0.05) is 24.9 Å². The smallest absolute Gasteiger partial charge is 0.399 e. The minimum Gasteiger partial charge on any atom is -0.399 e. The van der Waals surface area contributed by atoms with Crippen molar-refractivity contribution in [2.75, 3.05) is 7.11 Å². The number of alkyl halides is 3. The van der Waals surface area contributed by atoms with Crippen molar-refractivity contribution in [1.29, 1.82) is 5.41 Å². The van der Waals surface area contributed by atoms with Gasteiger partial charge in [0.1, 0.15) is 0 Å². The van der Waals surface area contributed by atoms with Gasteiger partial charge in [-0.2, -0.15) is 13.2 Å². The second-order valence-electron chi connectivity index (χ2n) is 4.50. The molecule has 3 nitrogen and oxygen atoms in total. The Labute approximate surface area is 115 Å². The van der Waals surface area contributed by atoms with Gasteiger partial charge in [0.15, 0.2) is 6.10 Å². The van der Waals surface area contributed by atoms with Gasteiger partial charge >= 0.3 is 6.18 Å². The average molecular weight is 286 g/mol. The van der Waals surface area contributed by atoms with Crippen LogP contribution in [0.15, 0.2) is 24.8 Å². The SMILES string of the molecule is C=C(N)c1ccc(C(=N)CC(OC)C(F)(F)F)cc1C. The van der Waals surface area contributed by atoms with Gasteiger partial charge in [0.2, 0.25) is 0 Å². The van der Waals surface area contributed by atoms with E-state index in [-0.39, 0.29) is 5.71 Å². The first-order valence-corrected chi connectivity index (χ1v) is 5.89. The maximum Gasteiger partial charge on any atom is 0.414 e. The first-order valence-electron chi connectivity index (χ1n) is 5.89. The molecule has 0 heterocycles. The highest BCUT2D eigenvalue weighted by molar-refractivity contribution is 5.99. The van der Waals surface area contributed by atoms with Crippen LogP contribution in [0, 0.1) is 12.3 Å². The van der Waals surface area contributed by atoms with Crippen molar-refractivity contribution in [3.8, 4) is 0 Å². The van der Waals surface area contributed by atoms with Gasteiger partial charge in [0.25, 0.3) is 0 Å². The average Bonchev–Trinajstić information content (AvgIpc) is 2.33. The normalized spacial score (nSPS) is 13.1. The van der Waals surface area contributed by atoms with Crippen LogP contribution in [0.5, 0.6) is 0 Å². The lowest BCUT2D eigenvalue weighted by atomic mass is 9.98. The fourth-order valence-corrected chi connectivity index (χ4v) is 1.85. The van der Waals surface area contributed by atoms with Gasteiger partial charge in [-0.1, -0.05) is 18.7 Å². The molecule has 1 aromatic carbocycles. The number of nitrogens with one attached hydrogen (secondary N) is 1. The number of ether oxygens (including phenoxy) is 1. The third kappa shape index (κ3) is 3.84. The van der Waals surface area contributed by atoms with Crippen LogP contribution >= 0.6 is 0 Å². The molecule has 0 fully saturated rings. The van der Waals surface area contributed by atoms with Crippen molar-refractivity contribution in [3.63, 3.8) is 0 Å². The number of rotatable bonds is 5. The molecule has 0 aliphatic heterocycles. The van der Waals surface area contributed by atoms with Crippen LogP contribution in [-0.4, -0.2) is 25.1 Å². The summed E-state index contributed by atoms with van der Waals surface area (Å²) in [4.78, 5) is 0. The minimum absolute atomic E-state index is 0.133. The summed E-state index contributed by atoms with van der Waals surface area (Å²) in [7, 11) is 0.984. The molecule has 3 N–H and O–H groups in total. The third-order valence-electron chi connectivity index (χ3n) is 2.96. The maximum atomic E-state index is 12.6. The molecule has 0 radical (unpaired) electrons. The van der Waals surface area contributed by atoms with E-state index in [1.165, 1.54) is 0 Å². The molecule has 0 bridgehead atoms. The molecule has 0 aromatic heterocycles. The van der Waals surface area contributed by atoms with Gasteiger partial charge in [-0.3, -0.25) is 0 Å². The van der Waals surface area contributed by atoms with E-state index >= 15 is 0 Å². The van der Waals surface area contributed by atoms with E-state index in [9.17, 15) is 13.2 Å². The van der Waals surface area contributed by atoms with E-state index in [0.717, 1.165) is 18.2 Å². The summed E-state index contributed by atoms with van der Waals surface area (Å²) in [6, 6.07) is 4.83. The van der Waals surface area contributed by atoms with Gasteiger partial charge in [-0.05, 0) is 29.7 Å². The molecule has 1 atom stereocenters. The largest absolute Gasteiger partial charge is 0.414 e. The predicted octanol–water partition coefficient (Wildman–Crippen LogP) is 3.26. The molecule has 0 spiro atoms. The van der Waals surface area contributed by atoms with Crippen molar-refractivity contribution in [2.24, 2.45) is 5.73 Å². The Hall–Kier alpha value is -1.82. The van der Waals surface area contributed by atoms with Crippen LogP contribution in [0.4, 0.5) is 13.2 Å². The molecule has 0 saturated heterocycles. The van der Waals surface area contributed by atoms with Gasteiger partial charge in [-0.25, -0.2) is 0 Å². The molecule has 1 rings (SSSR count). The fraction of sp³-hybridized carbons (Fsp3) is 0.357. The molecular formula is C14H17F3N2O.